The monoisotopic (exact) mass is 394 g/mol. The van der Waals surface area contributed by atoms with E-state index in [2.05, 4.69) is 20.9 Å². The number of alkyl halides is 3. The van der Waals surface area contributed by atoms with E-state index >= 15 is 0 Å². The predicted octanol–water partition coefficient (Wildman–Crippen LogP) is 5.30. The van der Waals surface area contributed by atoms with Crippen LogP contribution in [-0.4, -0.2) is 9.55 Å². The topological polar surface area (TPSA) is 17.8 Å². The molecular weight excluding hydrogens is 381 g/mol. The van der Waals surface area contributed by atoms with Crippen molar-refractivity contribution in [1.29, 1.82) is 0 Å². The molecule has 0 aliphatic rings. The Morgan fingerprint density at radius 2 is 1.75 bits per heavy atom. The third-order valence-corrected chi connectivity index (χ3v) is 4.21. The third-order valence-electron chi connectivity index (χ3n) is 3.68. The molecule has 0 aliphatic heterocycles. The summed E-state index contributed by atoms with van der Waals surface area (Å²) in [5.74, 6) is 0.815. The number of halogens is 4. The van der Waals surface area contributed by atoms with Gasteiger partial charge in [-0.05, 0) is 35.4 Å². The highest BCUT2D eigenvalue weighted by molar-refractivity contribution is 9.10. The van der Waals surface area contributed by atoms with E-state index in [4.69, 9.17) is 0 Å². The maximum absolute atomic E-state index is 12.8. The molecule has 0 atom stereocenters. The molecule has 1 heterocycles. The summed E-state index contributed by atoms with van der Waals surface area (Å²) in [6.07, 6.45) is -0.249. The van der Waals surface area contributed by atoms with Crippen molar-refractivity contribution >= 4 is 15.9 Å². The fourth-order valence-electron chi connectivity index (χ4n) is 2.48. The van der Waals surface area contributed by atoms with E-state index < -0.39 is 11.7 Å². The van der Waals surface area contributed by atoms with Gasteiger partial charge in [0.15, 0.2) is 0 Å². The largest absolute Gasteiger partial charge is 0.416 e. The Bertz CT molecular complexity index is 823. The molecule has 124 valence electrons. The smallest absolute Gasteiger partial charge is 0.330 e. The Hall–Kier alpha value is -2.08. The number of rotatable bonds is 4. The van der Waals surface area contributed by atoms with E-state index in [0.29, 0.717) is 18.5 Å². The van der Waals surface area contributed by atoms with Crippen LogP contribution >= 0.6 is 15.9 Å². The summed E-state index contributed by atoms with van der Waals surface area (Å²) in [4.78, 5) is 4.33. The zero-order valence-electron chi connectivity index (χ0n) is 12.6. The van der Waals surface area contributed by atoms with Gasteiger partial charge in [0.2, 0.25) is 0 Å². The molecule has 0 amide bonds. The van der Waals surface area contributed by atoms with Gasteiger partial charge in [-0.15, -0.1) is 0 Å². The van der Waals surface area contributed by atoms with Gasteiger partial charge >= 0.3 is 6.18 Å². The fraction of sp³-hybridized carbons (Fsp3) is 0.167. The van der Waals surface area contributed by atoms with Crippen LogP contribution in [0.2, 0.25) is 0 Å². The van der Waals surface area contributed by atoms with Crippen LogP contribution in [0, 0.1) is 0 Å². The predicted molar refractivity (Wildman–Crippen MR) is 89.7 cm³/mol. The summed E-state index contributed by atoms with van der Waals surface area (Å²) in [5.41, 5.74) is 1.06. The van der Waals surface area contributed by atoms with Crippen LogP contribution in [0.5, 0.6) is 0 Å². The van der Waals surface area contributed by atoms with Crippen LogP contribution in [0.25, 0.3) is 0 Å². The van der Waals surface area contributed by atoms with Crippen LogP contribution in [0.1, 0.15) is 22.5 Å². The maximum Gasteiger partial charge on any atom is 0.416 e. The fourth-order valence-corrected chi connectivity index (χ4v) is 2.74. The highest BCUT2D eigenvalue weighted by atomic mass is 79.9. The van der Waals surface area contributed by atoms with Crippen LogP contribution in [-0.2, 0) is 19.1 Å². The molecule has 0 aliphatic carbocycles. The molecule has 0 saturated carbocycles. The SMILES string of the molecule is FC(F)(F)c1cccc(Cn2ccnc2Cc2ccc(Br)cc2)c1. The van der Waals surface area contributed by atoms with Crippen LogP contribution in [0.3, 0.4) is 0 Å². The van der Waals surface area contributed by atoms with Gasteiger partial charge in [-0.3, -0.25) is 0 Å². The number of imidazole rings is 1. The van der Waals surface area contributed by atoms with Crippen LogP contribution in [0.4, 0.5) is 13.2 Å². The van der Waals surface area contributed by atoms with E-state index in [1.807, 2.05) is 28.8 Å². The van der Waals surface area contributed by atoms with Crippen molar-refractivity contribution in [3.63, 3.8) is 0 Å². The minimum Gasteiger partial charge on any atom is -0.330 e. The zero-order valence-corrected chi connectivity index (χ0v) is 14.2. The molecule has 0 unspecified atom stereocenters. The van der Waals surface area contributed by atoms with Crippen LogP contribution in [0.15, 0.2) is 65.4 Å². The molecule has 3 rings (SSSR count). The number of hydrogen-bond acceptors (Lipinski definition) is 1. The van der Waals surface area contributed by atoms with Gasteiger partial charge in [0.25, 0.3) is 0 Å². The summed E-state index contributed by atoms with van der Waals surface area (Å²) in [5, 5.41) is 0. The highest BCUT2D eigenvalue weighted by Crippen LogP contribution is 2.29. The lowest BCUT2D eigenvalue weighted by atomic mass is 10.1. The van der Waals surface area contributed by atoms with Crippen molar-refractivity contribution in [2.24, 2.45) is 0 Å². The number of aromatic nitrogens is 2. The molecular formula is C18H14BrF3N2. The lowest BCUT2D eigenvalue weighted by Crippen LogP contribution is -2.08. The maximum atomic E-state index is 12.8. The third kappa shape index (κ3) is 4.06. The first-order chi connectivity index (χ1) is 11.4. The van der Waals surface area contributed by atoms with Crippen molar-refractivity contribution in [3.05, 3.63) is 87.9 Å². The second kappa shape index (κ2) is 6.81. The summed E-state index contributed by atoms with van der Waals surface area (Å²) in [7, 11) is 0. The average molecular weight is 395 g/mol. The molecule has 0 fully saturated rings. The van der Waals surface area contributed by atoms with E-state index in [9.17, 15) is 13.2 Å². The molecule has 1 aromatic heterocycles. The highest BCUT2D eigenvalue weighted by Gasteiger charge is 2.30. The molecule has 2 aromatic carbocycles. The molecule has 0 N–H and O–H groups in total. The molecule has 6 heteroatoms. The minimum atomic E-state index is -4.33. The van der Waals surface area contributed by atoms with E-state index in [1.165, 1.54) is 12.1 Å². The van der Waals surface area contributed by atoms with Crippen molar-refractivity contribution in [3.8, 4) is 0 Å². The van der Waals surface area contributed by atoms with Crippen LogP contribution < -0.4 is 0 Å². The molecule has 2 nitrogen and oxygen atoms in total. The standard InChI is InChI=1S/C18H14BrF3N2/c19-16-6-4-13(5-7-16)11-17-23-8-9-24(17)12-14-2-1-3-15(10-14)18(20,21)22/h1-10H,11-12H2. The van der Waals surface area contributed by atoms with Gasteiger partial charge in [-0.2, -0.15) is 13.2 Å². The van der Waals surface area contributed by atoms with E-state index in [0.717, 1.165) is 21.9 Å². The summed E-state index contributed by atoms with van der Waals surface area (Å²) in [6, 6.07) is 13.3. The molecule has 3 aromatic rings. The first-order valence-electron chi connectivity index (χ1n) is 7.32. The van der Waals surface area contributed by atoms with Crippen molar-refractivity contribution < 1.29 is 13.2 Å². The van der Waals surface area contributed by atoms with Gasteiger partial charge in [0.1, 0.15) is 5.82 Å². The first kappa shape index (κ1) is 16.8. The number of benzene rings is 2. The Morgan fingerprint density at radius 1 is 1.00 bits per heavy atom. The summed E-state index contributed by atoms with van der Waals surface area (Å²) < 4.78 is 41.3. The van der Waals surface area contributed by atoms with Gasteiger partial charge in [0, 0.05) is 29.8 Å². The first-order valence-corrected chi connectivity index (χ1v) is 8.12. The Morgan fingerprint density at radius 3 is 2.46 bits per heavy atom. The number of hydrogen-bond donors (Lipinski definition) is 0. The molecule has 24 heavy (non-hydrogen) atoms. The van der Waals surface area contributed by atoms with Gasteiger partial charge < -0.3 is 4.57 Å². The van der Waals surface area contributed by atoms with E-state index in [-0.39, 0.29) is 0 Å². The molecule has 0 radical (unpaired) electrons. The quantitative estimate of drug-likeness (QED) is 0.586. The second-order valence-electron chi connectivity index (χ2n) is 5.47. The average Bonchev–Trinajstić information content (AvgIpc) is 2.96. The second-order valence-corrected chi connectivity index (χ2v) is 6.39. The molecule has 0 bridgehead atoms. The zero-order chi connectivity index (χ0) is 17.2. The van der Waals surface area contributed by atoms with Gasteiger partial charge in [-0.1, -0.05) is 40.2 Å². The summed E-state index contributed by atoms with van der Waals surface area (Å²) in [6.45, 7) is 0.357. The Balaban J connectivity index is 1.80. The number of nitrogens with zero attached hydrogens (tertiary/aromatic N) is 2. The van der Waals surface area contributed by atoms with Gasteiger partial charge in [0.05, 0.1) is 5.56 Å². The lowest BCUT2D eigenvalue weighted by molar-refractivity contribution is -0.137. The minimum absolute atomic E-state index is 0.357. The lowest BCUT2D eigenvalue weighted by Gasteiger charge is -2.11. The Kier molecular flexibility index (Phi) is 4.76. The summed E-state index contributed by atoms with van der Waals surface area (Å²) >= 11 is 3.39. The molecule has 0 saturated heterocycles. The Labute approximate surface area is 146 Å². The van der Waals surface area contributed by atoms with E-state index in [1.54, 1.807) is 18.5 Å². The van der Waals surface area contributed by atoms with Crippen molar-refractivity contribution in [1.82, 2.24) is 9.55 Å². The van der Waals surface area contributed by atoms with Gasteiger partial charge in [-0.25, -0.2) is 4.98 Å². The molecule has 0 spiro atoms. The normalized spacial score (nSPS) is 11.7. The van der Waals surface area contributed by atoms with Crippen molar-refractivity contribution in [2.45, 2.75) is 19.1 Å². The van der Waals surface area contributed by atoms with Crippen molar-refractivity contribution in [2.75, 3.05) is 0 Å².